The third kappa shape index (κ3) is 2.31. The first kappa shape index (κ1) is 9.73. The summed E-state index contributed by atoms with van der Waals surface area (Å²) in [5.74, 6) is 0. The average molecular weight is 277 g/mol. The number of hydrogen-bond donors (Lipinski definition) is 2. The van der Waals surface area contributed by atoms with Gasteiger partial charge in [-0.25, -0.2) is 0 Å². The molecule has 0 aliphatic rings. The fraction of sp³-hybridized carbons (Fsp3) is 0.375. The predicted octanol–water partition coefficient (Wildman–Crippen LogP) is 1.16. The smallest absolute Gasteiger partial charge is 0.0546 e. The number of nitrogens with zero attached hydrogens (tertiary/aromatic N) is 1. The van der Waals surface area contributed by atoms with E-state index in [1.807, 2.05) is 6.92 Å². The van der Waals surface area contributed by atoms with Crippen LogP contribution in [0.1, 0.15) is 12.5 Å². The zero-order chi connectivity index (χ0) is 9.14. The molecule has 12 heavy (non-hydrogen) atoms. The molecule has 1 heterocycles. The Bertz CT molecular complexity index is 273. The van der Waals surface area contributed by atoms with Crippen molar-refractivity contribution in [3.8, 4) is 0 Å². The summed E-state index contributed by atoms with van der Waals surface area (Å²) in [5, 5.41) is 0. The van der Waals surface area contributed by atoms with Gasteiger partial charge >= 0.3 is 0 Å². The van der Waals surface area contributed by atoms with Gasteiger partial charge < -0.3 is 11.5 Å². The molecule has 3 nitrogen and oxygen atoms in total. The van der Waals surface area contributed by atoms with Gasteiger partial charge in [-0.3, -0.25) is 4.98 Å². The minimum absolute atomic E-state index is 0.132. The molecule has 0 radical (unpaired) electrons. The van der Waals surface area contributed by atoms with Crippen LogP contribution in [0.4, 0.5) is 5.69 Å². The number of anilines is 1. The van der Waals surface area contributed by atoms with E-state index in [2.05, 4.69) is 27.6 Å². The van der Waals surface area contributed by atoms with Crippen molar-refractivity contribution >= 4 is 28.3 Å². The molecular formula is C8H12IN3. The van der Waals surface area contributed by atoms with Gasteiger partial charge in [0, 0.05) is 18.4 Å². The molecule has 0 amide bonds. The lowest BCUT2D eigenvalue weighted by Gasteiger charge is -2.08. The number of nitrogens with two attached hydrogens (primary N) is 2. The van der Waals surface area contributed by atoms with Crippen molar-refractivity contribution in [3.63, 3.8) is 0 Å². The summed E-state index contributed by atoms with van der Waals surface area (Å²) in [5.41, 5.74) is 13.3. The molecule has 1 aromatic rings. The highest BCUT2D eigenvalue weighted by molar-refractivity contribution is 14.1. The normalized spacial score (nSPS) is 12.9. The second kappa shape index (κ2) is 4.04. The Labute approximate surface area is 85.7 Å². The van der Waals surface area contributed by atoms with Gasteiger partial charge in [-0.1, -0.05) is 0 Å². The zero-order valence-electron chi connectivity index (χ0n) is 6.92. The number of aromatic nitrogens is 1. The fourth-order valence-corrected chi connectivity index (χ4v) is 1.50. The fourth-order valence-electron chi connectivity index (χ4n) is 0.995. The first-order valence-electron chi connectivity index (χ1n) is 3.74. The Hall–Kier alpha value is -0.360. The van der Waals surface area contributed by atoms with Gasteiger partial charge in [-0.2, -0.15) is 0 Å². The van der Waals surface area contributed by atoms with Crippen molar-refractivity contribution < 1.29 is 0 Å². The van der Waals surface area contributed by atoms with Crippen molar-refractivity contribution in [2.45, 2.75) is 19.4 Å². The maximum Gasteiger partial charge on any atom is 0.0546 e. The average Bonchev–Trinajstić information content (AvgIpc) is 1.98. The van der Waals surface area contributed by atoms with Crippen molar-refractivity contribution in [1.82, 2.24) is 4.98 Å². The Balaban J connectivity index is 2.92. The minimum Gasteiger partial charge on any atom is -0.398 e. The summed E-state index contributed by atoms with van der Waals surface area (Å²) in [6.07, 6.45) is 4.32. The minimum atomic E-state index is 0.132. The third-order valence-electron chi connectivity index (χ3n) is 1.56. The van der Waals surface area contributed by atoms with Crippen LogP contribution in [-0.2, 0) is 6.42 Å². The van der Waals surface area contributed by atoms with E-state index >= 15 is 0 Å². The molecule has 0 spiro atoms. The van der Waals surface area contributed by atoms with E-state index in [4.69, 9.17) is 11.5 Å². The van der Waals surface area contributed by atoms with Crippen molar-refractivity contribution in [1.29, 1.82) is 0 Å². The Kier molecular flexibility index (Phi) is 3.28. The van der Waals surface area contributed by atoms with Crippen molar-refractivity contribution in [2.24, 2.45) is 5.73 Å². The number of rotatable bonds is 2. The van der Waals surface area contributed by atoms with E-state index in [0.29, 0.717) is 0 Å². The zero-order valence-corrected chi connectivity index (χ0v) is 9.08. The number of nitrogen functional groups attached to an aromatic ring is 1. The van der Waals surface area contributed by atoms with Crippen molar-refractivity contribution in [2.75, 3.05) is 5.73 Å². The number of hydrogen-bond acceptors (Lipinski definition) is 3. The summed E-state index contributed by atoms with van der Waals surface area (Å²) in [6, 6.07) is 0.132. The standard InChI is InChI=1S/C8H12IN3/c1-5(10)2-6-3-12-4-7(9)8(6)11/h3-5H,2,10H2,1H3,(H2,11,12). The Morgan fingerprint density at radius 3 is 2.83 bits per heavy atom. The largest absolute Gasteiger partial charge is 0.398 e. The lowest BCUT2D eigenvalue weighted by atomic mass is 10.1. The predicted molar refractivity (Wildman–Crippen MR) is 58.7 cm³/mol. The quantitative estimate of drug-likeness (QED) is 0.797. The summed E-state index contributed by atoms with van der Waals surface area (Å²) in [4.78, 5) is 4.06. The molecule has 0 fully saturated rings. The van der Waals surface area contributed by atoms with Gasteiger partial charge in [0.1, 0.15) is 0 Å². The molecule has 0 aromatic carbocycles. The first-order chi connectivity index (χ1) is 5.61. The Morgan fingerprint density at radius 1 is 1.58 bits per heavy atom. The van der Waals surface area contributed by atoms with Gasteiger partial charge in [-0.05, 0) is 41.5 Å². The summed E-state index contributed by atoms with van der Waals surface area (Å²) < 4.78 is 0.991. The highest BCUT2D eigenvalue weighted by Crippen LogP contribution is 2.18. The number of pyridine rings is 1. The second-order valence-electron chi connectivity index (χ2n) is 2.88. The van der Waals surface area contributed by atoms with Crippen LogP contribution in [0, 0.1) is 3.57 Å². The molecule has 4 heteroatoms. The molecule has 4 N–H and O–H groups in total. The van der Waals surface area contributed by atoms with Crippen LogP contribution in [0.3, 0.4) is 0 Å². The van der Waals surface area contributed by atoms with Gasteiger partial charge in [0.05, 0.1) is 9.26 Å². The molecule has 0 aliphatic heterocycles. The van der Waals surface area contributed by atoms with Crippen LogP contribution < -0.4 is 11.5 Å². The highest BCUT2D eigenvalue weighted by atomic mass is 127. The molecule has 1 aromatic heterocycles. The van der Waals surface area contributed by atoms with Gasteiger partial charge in [0.25, 0.3) is 0 Å². The molecule has 0 bridgehead atoms. The summed E-state index contributed by atoms with van der Waals surface area (Å²) in [6.45, 7) is 1.96. The van der Waals surface area contributed by atoms with Gasteiger partial charge in [0.2, 0.25) is 0 Å². The van der Waals surface area contributed by atoms with E-state index in [0.717, 1.165) is 21.2 Å². The second-order valence-corrected chi connectivity index (χ2v) is 4.04. The molecule has 0 aliphatic carbocycles. The van der Waals surface area contributed by atoms with E-state index in [-0.39, 0.29) is 6.04 Å². The Morgan fingerprint density at radius 2 is 2.25 bits per heavy atom. The van der Waals surface area contributed by atoms with Crippen LogP contribution in [0.25, 0.3) is 0 Å². The lowest BCUT2D eigenvalue weighted by molar-refractivity contribution is 0.737. The molecule has 0 saturated heterocycles. The topological polar surface area (TPSA) is 64.9 Å². The maximum atomic E-state index is 5.83. The number of halogens is 1. The highest BCUT2D eigenvalue weighted by Gasteiger charge is 2.04. The molecule has 1 atom stereocenters. The molecule has 1 unspecified atom stereocenters. The summed E-state index contributed by atoms with van der Waals surface area (Å²) >= 11 is 2.17. The van der Waals surface area contributed by atoms with E-state index in [9.17, 15) is 0 Å². The van der Waals surface area contributed by atoms with Crippen LogP contribution in [0.5, 0.6) is 0 Å². The van der Waals surface area contributed by atoms with E-state index < -0.39 is 0 Å². The van der Waals surface area contributed by atoms with Crippen LogP contribution >= 0.6 is 22.6 Å². The summed E-state index contributed by atoms with van der Waals surface area (Å²) in [7, 11) is 0. The van der Waals surface area contributed by atoms with E-state index in [1.54, 1.807) is 12.4 Å². The monoisotopic (exact) mass is 277 g/mol. The molecule has 66 valence electrons. The third-order valence-corrected chi connectivity index (χ3v) is 2.42. The van der Waals surface area contributed by atoms with Crippen LogP contribution in [0.2, 0.25) is 0 Å². The van der Waals surface area contributed by atoms with Crippen LogP contribution in [-0.4, -0.2) is 11.0 Å². The lowest BCUT2D eigenvalue weighted by Crippen LogP contribution is -2.19. The maximum absolute atomic E-state index is 5.83. The van der Waals surface area contributed by atoms with Crippen LogP contribution in [0.15, 0.2) is 12.4 Å². The first-order valence-corrected chi connectivity index (χ1v) is 4.82. The van der Waals surface area contributed by atoms with Gasteiger partial charge in [-0.15, -0.1) is 0 Å². The molecule has 1 rings (SSSR count). The van der Waals surface area contributed by atoms with E-state index in [1.165, 1.54) is 0 Å². The molecule has 0 saturated carbocycles. The SMILES string of the molecule is CC(N)Cc1cncc(I)c1N. The van der Waals surface area contributed by atoms with Crippen molar-refractivity contribution in [3.05, 3.63) is 21.5 Å². The van der Waals surface area contributed by atoms with Gasteiger partial charge in [0.15, 0.2) is 0 Å². The molecular weight excluding hydrogens is 265 g/mol.